The van der Waals surface area contributed by atoms with E-state index in [9.17, 15) is 4.79 Å². The first kappa shape index (κ1) is 18.1. The molecule has 1 atom stereocenters. The third-order valence-electron chi connectivity index (χ3n) is 5.87. The number of rotatable bonds is 6. The molecule has 1 spiro atoms. The van der Waals surface area contributed by atoms with E-state index >= 15 is 0 Å². The molecule has 2 aromatic heterocycles. The maximum absolute atomic E-state index is 12.2. The second kappa shape index (κ2) is 7.40. The molecule has 4 rings (SSSR count). The fourth-order valence-corrected chi connectivity index (χ4v) is 4.28. The predicted octanol–water partition coefficient (Wildman–Crippen LogP) is 2.10. The average molecular weight is 370 g/mol. The van der Waals surface area contributed by atoms with Crippen LogP contribution in [0.2, 0.25) is 0 Å². The standard InChI is InChI=1S/C20H26N4O3/c1-14-18(15(2)27-23-14)11-24-12-20(13-24)17(6-10-26-20)5-9-22-19(25)16-3-7-21-8-4-16/h3-4,7-8,17H,5-6,9-13H2,1-2H3,(H,22,25)/t17-/m0/s1. The zero-order chi connectivity index (χ0) is 18.9. The molecule has 7 nitrogen and oxygen atoms in total. The van der Waals surface area contributed by atoms with Crippen LogP contribution in [0.25, 0.3) is 0 Å². The van der Waals surface area contributed by atoms with E-state index < -0.39 is 0 Å². The summed E-state index contributed by atoms with van der Waals surface area (Å²) in [4.78, 5) is 18.5. The number of carbonyl (C=O) groups excluding carboxylic acids is 1. The second-order valence-electron chi connectivity index (χ2n) is 7.63. The number of ether oxygens (including phenoxy) is 1. The van der Waals surface area contributed by atoms with Crippen LogP contribution in [0.5, 0.6) is 0 Å². The van der Waals surface area contributed by atoms with Crippen molar-refractivity contribution in [1.82, 2.24) is 20.4 Å². The highest BCUT2D eigenvalue weighted by Crippen LogP contribution is 2.42. The molecule has 27 heavy (non-hydrogen) atoms. The summed E-state index contributed by atoms with van der Waals surface area (Å²) in [7, 11) is 0. The van der Waals surface area contributed by atoms with Gasteiger partial charge in [0.25, 0.3) is 5.91 Å². The van der Waals surface area contributed by atoms with Crippen molar-refractivity contribution in [3.63, 3.8) is 0 Å². The Kier molecular flexibility index (Phi) is 4.97. The smallest absolute Gasteiger partial charge is 0.251 e. The molecule has 2 saturated heterocycles. The van der Waals surface area contributed by atoms with Gasteiger partial charge in [-0.3, -0.25) is 14.7 Å². The van der Waals surface area contributed by atoms with Crippen molar-refractivity contribution >= 4 is 5.91 Å². The highest BCUT2D eigenvalue weighted by atomic mass is 16.5. The van der Waals surface area contributed by atoms with Crippen LogP contribution in [0.3, 0.4) is 0 Å². The van der Waals surface area contributed by atoms with Gasteiger partial charge in [0.2, 0.25) is 0 Å². The van der Waals surface area contributed by atoms with Gasteiger partial charge in [-0.1, -0.05) is 5.16 Å². The van der Waals surface area contributed by atoms with Crippen LogP contribution in [-0.4, -0.2) is 52.8 Å². The molecule has 2 fully saturated rings. The zero-order valence-corrected chi connectivity index (χ0v) is 15.9. The minimum absolute atomic E-state index is 0.0426. The van der Waals surface area contributed by atoms with Crippen molar-refractivity contribution in [3.05, 3.63) is 47.1 Å². The average Bonchev–Trinajstić information content (AvgIpc) is 3.20. The topological polar surface area (TPSA) is 80.5 Å². The molecule has 0 aromatic carbocycles. The second-order valence-corrected chi connectivity index (χ2v) is 7.63. The highest BCUT2D eigenvalue weighted by Gasteiger charge is 2.52. The zero-order valence-electron chi connectivity index (χ0n) is 15.9. The molecular weight excluding hydrogens is 344 g/mol. The first-order chi connectivity index (χ1) is 13.1. The number of likely N-dealkylation sites (tertiary alicyclic amines) is 1. The third-order valence-corrected chi connectivity index (χ3v) is 5.87. The van der Waals surface area contributed by atoms with Crippen LogP contribution < -0.4 is 5.32 Å². The Balaban J connectivity index is 1.27. The summed E-state index contributed by atoms with van der Waals surface area (Å²) >= 11 is 0. The molecular formula is C20H26N4O3. The molecule has 0 aliphatic carbocycles. The SMILES string of the molecule is Cc1noc(C)c1CN1CC2(C1)OCC[C@@H]2CCNC(=O)c1ccncc1. The van der Waals surface area contributed by atoms with Crippen LogP contribution in [0.1, 0.15) is 40.2 Å². The number of aromatic nitrogens is 2. The van der Waals surface area contributed by atoms with E-state index in [1.807, 2.05) is 13.8 Å². The summed E-state index contributed by atoms with van der Waals surface area (Å²) < 4.78 is 11.4. The van der Waals surface area contributed by atoms with Gasteiger partial charge in [0.1, 0.15) is 5.76 Å². The van der Waals surface area contributed by atoms with Gasteiger partial charge in [-0.25, -0.2) is 0 Å². The van der Waals surface area contributed by atoms with E-state index in [2.05, 4.69) is 20.4 Å². The largest absolute Gasteiger partial charge is 0.372 e. The Bertz CT molecular complexity index is 779. The van der Waals surface area contributed by atoms with E-state index in [4.69, 9.17) is 9.26 Å². The fourth-order valence-electron chi connectivity index (χ4n) is 4.28. The Morgan fingerprint density at radius 3 is 2.81 bits per heavy atom. The van der Waals surface area contributed by atoms with Crippen LogP contribution >= 0.6 is 0 Å². The van der Waals surface area contributed by atoms with Crippen LogP contribution in [-0.2, 0) is 11.3 Å². The molecule has 1 amide bonds. The first-order valence-electron chi connectivity index (χ1n) is 9.54. The number of amides is 1. The maximum Gasteiger partial charge on any atom is 0.251 e. The normalized spacial score (nSPS) is 21.3. The summed E-state index contributed by atoms with van der Waals surface area (Å²) in [5, 5.41) is 7.05. The van der Waals surface area contributed by atoms with Gasteiger partial charge >= 0.3 is 0 Å². The molecule has 0 unspecified atom stereocenters. The summed E-state index contributed by atoms with van der Waals surface area (Å²) in [5.74, 6) is 1.34. The van der Waals surface area contributed by atoms with Gasteiger partial charge in [0.05, 0.1) is 11.3 Å². The van der Waals surface area contributed by atoms with E-state index in [1.165, 1.54) is 5.56 Å². The molecule has 2 aromatic rings. The van der Waals surface area contributed by atoms with Crippen LogP contribution in [0.15, 0.2) is 29.0 Å². The Morgan fingerprint density at radius 2 is 2.11 bits per heavy atom. The Hall–Kier alpha value is -2.25. The van der Waals surface area contributed by atoms with Gasteiger partial charge in [-0.2, -0.15) is 0 Å². The monoisotopic (exact) mass is 370 g/mol. The van der Waals surface area contributed by atoms with Gasteiger partial charge in [0, 0.05) is 56.3 Å². The molecule has 2 aliphatic rings. The number of carbonyl (C=O) groups is 1. The van der Waals surface area contributed by atoms with E-state index in [0.29, 0.717) is 18.0 Å². The Labute approximate surface area is 159 Å². The van der Waals surface area contributed by atoms with Crippen molar-refractivity contribution in [2.24, 2.45) is 5.92 Å². The number of pyridine rings is 1. The maximum atomic E-state index is 12.2. The van der Waals surface area contributed by atoms with E-state index in [-0.39, 0.29) is 11.5 Å². The van der Waals surface area contributed by atoms with Gasteiger partial charge < -0.3 is 14.6 Å². The van der Waals surface area contributed by atoms with Gasteiger partial charge in [-0.15, -0.1) is 0 Å². The molecule has 0 bridgehead atoms. The number of aryl methyl sites for hydroxylation is 2. The summed E-state index contributed by atoms with van der Waals surface area (Å²) in [5.41, 5.74) is 2.75. The van der Waals surface area contributed by atoms with Crippen molar-refractivity contribution < 1.29 is 14.1 Å². The molecule has 2 aliphatic heterocycles. The fraction of sp³-hybridized carbons (Fsp3) is 0.550. The van der Waals surface area contributed by atoms with E-state index in [1.54, 1.807) is 24.5 Å². The summed E-state index contributed by atoms with van der Waals surface area (Å²) in [6, 6.07) is 3.46. The lowest BCUT2D eigenvalue weighted by atomic mass is 9.78. The van der Waals surface area contributed by atoms with Gasteiger partial charge in [-0.05, 0) is 44.7 Å². The lowest BCUT2D eigenvalue weighted by Crippen LogP contribution is -2.64. The molecule has 1 N–H and O–H groups in total. The number of hydrogen-bond acceptors (Lipinski definition) is 6. The highest BCUT2D eigenvalue weighted by molar-refractivity contribution is 5.93. The van der Waals surface area contributed by atoms with E-state index in [0.717, 1.165) is 50.5 Å². The third kappa shape index (κ3) is 3.61. The molecule has 0 radical (unpaired) electrons. The molecule has 0 saturated carbocycles. The molecule has 7 heteroatoms. The minimum Gasteiger partial charge on any atom is -0.372 e. The lowest BCUT2D eigenvalue weighted by Gasteiger charge is -2.50. The van der Waals surface area contributed by atoms with Gasteiger partial charge in [0.15, 0.2) is 0 Å². The van der Waals surface area contributed by atoms with Crippen molar-refractivity contribution in [2.75, 3.05) is 26.2 Å². The minimum atomic E-state index is -0.0552. The van der Waals surface area contributed by atoms with Crippen molar-refractivity contribution in [2.45, 2.75) is 38.8 Å². The Morgan fingerprint density at radius 1 is 1.33 bits per heavy atom. The molecule has 144 valence electrons. The van der Waals surface area contributed by atoms with Crippen molar-refractivity contribution in [1.29, 1.82) is 0 Å². The summed E-state index contributed by atoms with van der Waals surface area (Å²) in [6.45, 7) is 8.15. The predicted molar refractivity (Wildman–Crippen MR) is 99.2 cm³/mol. The van der Waals surface area contributed by atoms with Crippen molar-refractivity contribution in [3.8, 4) is 0 Å². The lowest BCUT2D eigenvalue weighted by molar-refractivity contribution is -0.136. The number of nitrogens with zero attached hydrogens (tertiary/aromatic N) is 3. The van der Waals surface area contributed by atoms with Crippen LogP contribution in [0.4, 0.5) is 0 Å². The quantitative estimate of drug-likeness (QED) is 0.839. The molecule has 4 heterocycles. The van der Waals surface area contributed by atoms with Crippen LogP contribution in [0, 0.1) is 19.8 Å². The number of nitrogens with one attached hydrogen (secondary N) is 1. The number of hydrogen-bond donors (Lipinski definition) is 1. The first-order valence-corrected chi connectivity index (χ1v) is 9.54. The summed E-state index contributed by atoms with van der Waals surface area (Å²) in [6.07, 6.45) is 5.27.